The van der Waals surface area contributed by atoms with E-state index in [-0.39, 0.29) is 5.60 Å². The van der Waals surface area contributed by atoms with Crippen LogP contribution in [0.5, 0.6) is 0 Å². The van der Waals surface area contributed by atoms with Crippen molar-refractivity contribution in [1.82, 2.24) is 4.90 Å². The van der Waals surface area contributed by atoms with Gasteiger partial charge in [0.2, 0.25) is 0 Å². The molecular formula is C20H26ClNO. The van der Waals surface area contributed by atoms with Gasteiger partial charge in [-0.25, -0.2) is 0 Å². The third-order valence-corrected chi connectivity index (χ3v) is 6.12. The molecule has 0 amide bonds. The zero-order chi connectivity index (χ0) is 15.9. The van der Waals surface area contributed by atoms with Crippen molar-refractivity contribution in [3.8, 4) is 0 Å². The second-order valence-electron chi connectivity index (χ2n) is 7.23. The average Bonchev–Trinajstić information content (AvgIpc) is 2.95. The summed E-state index contributed by atoms with van der Waals surface area (Å²) >= 11 is 6.30. The number of ether oxygens (including phenoxy) is 1. The summed E-state index contributed by atoms with van der Waals surface area (Å²) in [6.45, 7) is 5.46. The van der Waals surface area contributed by atoms with E-state index in [9.17, 15) is 0 Å². The third kappa shape index (κ3) is 2.56. The Morgan fingerprint density at radius 1 is 1.39 bits per heavy atom. The molecule has 3 atom stereocenters. The molecule has 1 spiro atoms. The summed E-state index contributed by atoms with van der Waals surface area (Å²) in [7, 11) is 0. The number of nitrogens with zero attached hydrogens (tertiary/aromatic N) is 1. The monoisotopic (exact) mass is 331 g/mol. The van der Waals surface area contributed by atoms with Crippen LogP contribution in [0.25, 0.3) is 0 Å². The molecule has 1 aromatic carbocycles. The lowest BCUT2D eigenvalue weighted by atomic mass is 9.72. The lowest BCUT2D eigenvalue weighted by Gasteiger charge is -2.52. The van der Waals surface area contributed by atoms with E-state index < -0.39 is 0 Å². The first-order valence-corrected chi connectivity index (χ1v) is 9.46. The van der Waals surface area contributed by atoms with Gasteiger partial charge in [-0.15, -0.1) is 0 Å². The topological polar surface area (TPSA) is 12.5 Å². The molecule has 0 bridgehead atoms. The Labute approximate surface area is 144 Å². The van der Waals surface area contributed by atoms with Gasteiger partial charge in [0.25, 0.3) is 0 Å². The lowest BCUT2D eigenvalue weighted by molar-refractivity contribution is -0.0902. The van der Waals surface area contributed by atoms with Crippen molar-refractivity contribution in [2.75, 3.05) is 19.7 Å². The van der Waals surface area contributed by atoms with Crippen molar-refractivity contribution in [1.29, 1.82) is 0 Å². The number of hydrogen-bond donors (Lipinski definition) is 0. The SMILES string of the molecule is CCCN1C[C@@H]2CCC[C@@]23OCCC=C3[C@@H]1c1cccc(Cl)c1. The summed E-state index contributed by atoms with van der Waals surface area (Å²) in [5.74, 6) is 0.663. The van der Waals surface area contributed by atoms with Gasteiger partial charge >= 0.3 is 0 Å². The van der Waals surface area contributed by atoms with Crippen LogP contribution < -0.4 is 0 Å². The zero-order valence-corrected chi connectivity index (χ0v) is 14.7. The van der Waals surface area contributed by atoms with E-state index in [1.165, 1.54) is 36.8 Å². The van der Waals surface area contributed by atoms with Crippen LogP contribution in [0.15, 0.2) is 35.9 Å². The van der Waals surface area contributed by atoms with Gasteiger partial charge in [-0.1, -0.05) is 36.7 Å². The quantitative estimate of drug-likeness (QED) is 0.723. The van der Waals surface area contributed by atoms with Gasteiger partial charge in [-0.05, 0) is 61.9 Å². The van der Waals surface area contributed by atoms with E-state index >= 15 is 0 Å². The summed E-state index contributed by atoms with van der Waals surface area (Å²) in [4.78, 5) is 2.67. The minimum atomic E-state index is 0.00940. The molecule has 0 unspecified atom stereocenters. The highest BCUT2D eigenvalue weighted by Gasteiger charge is 2.54. The van der Waals surface area contributed by atoms with Crippen molar-refractivity contribution < 1.29 is 4.74 Å². The third-order valence-electron chi connectivity index (χ3n) is 5.88. The fraction of sp³-hybridized carbons (Fsp3) is 0.600. The van der Waals surface area contributed by atoms with E-state index in [4.69, 9.17) is 16.3 Å². The van der Waals surface area contributed by atoms with Crippen LogP contribution in [0, 0.1) is 5.92 Å². The molecule has 4 rings (SSSR count). The van der Waals surface area contributed by atoms with Crippen molar-refractivity contribution >= 4 is 11.6 Å². The van der Waals surface area contributed by atoms with Crippen LogP contribution in [0.3, 0.4) is 0 Å². The number of likely N-dealkylation sites (tertiary alicyclic amines) is 1. The highest BCUT2D eigenvalue weighted by atomic mass is 35.5. The standard InChI is InChI=1S/C20H26ClNO/c1-2-11-22-14-16-7-4-10-20(16)18(9-5-12-23-20)19(22)15-6-3-8-17(21)13-15/h3,6,8-9,13,16,19H,2,4-5,7,10-12,14H2,1H3/t16-,19-,20+/m0/s1. The fourth-order valence-corrected chi connectivity index (χ4v) is 5.27. The van der Waals surface area contributed by atoms with Crippen LogP contribution in [0.2, 0.25) is 5.02 Å². The second-order valence-corrected chi connectivity index (χ2v) is 7.66. The van der Waals surface area contributed by atoms with Gasteiger partial charge in [-0.2, -0.15) is 0 Å². The fourth-order valence-electron chi connectivity index (χ4n) is 5.07. The number of rotatable bonds is 3. The minimum absolute atomic E-state index is 0.00940. The highest BCUT2D eigenvalue weighted by Crippen LogP contribution is 2.55. The smallest absolute Gasteiger partial charge is 0.0950 e. The predicted molar refractivity (Wildman–Crippen MR) is 94.8 cm³/mol. The Kier molecular flexibility index (Phi) is 4.25. The predicted octanol–water partition coefficient (Wildman–Crippen LogP) is 4.99. The lowest BCUT2D eigenvalue weighted by Crippen LogP contribution is -2.55. The molecule has 2 aliphatic heterocycles. The first-order valence-electron chi connectivity index (χ1n) is 9.08. The average molecular weight is 332 g/mol. The maximum Gasteiger partial charge on any atom is 0.0950 e. The van der Waals surface area contributed by atoms with E-state index in [0.717, 1.165) is 31.1 Å². The molecule has 2 nitrogen and oxygen atoms in total. The van der Waals surface area contributed by atoms with E-state index in [2.05, 4.69) is 36.1 Å². The molecule has 0 radical (unpaired) electrons. The van der Waals surface area contributed by atoms with Crippen LogP contribution in [-0.4, -0.2) is 30.2 Å². The first kappa shape index (κ1) is 15.7. The Balaban J connectivity index is 1.80. The summed E-state index contributed by atoms with van der Waals surface area (Å²) in [6.07, 6.45) is 8.51. The molecule has 0 N–H and O–H groups in total. The number of hydrogen-bond acceptors (Lipinski definition) is 2. The molecule has 3 aliphatic rings. The van der Waals surface area contributed by atoms with Crippen molar-refractivity contribution in [3.05, 3.63) is 46.5 Å². The largest absolute Gasteiger partial charge is 0.370 e. The van der Waals surface area contributed by atoms with Crippen LogP contribution in [0.1, 0.15) is 50.6 Å². The Morgan fingerprint density at radius 2 is 2.30 bits per heavy atom. The Morgan fingerprint density at radius 3 is 3.13 bits per heavy atom. The molecule has 3 heteroatoms. The molecule has 2 heterocycles. The number of piperidine rings is 1. The van der Waals surface area contributed by atoms with Gasteiger partial charge in [-0.3, -0.25) is 4.90 Å². The van der Waals surface area contributed by atoms with Gasteiger partial charge in [0.1, 0.15) is 0 Å². The Bertz CT molecular complexity index is 613. The number of benzene rings is 1. The van der Waals surface area contributed by atoms with Crippen molar-refractivity contribution in [3.63, 3.8) is 0 Å². The van der Waals surface area contributed by atoms with E-state index in [0.29, 0.717) is 12.0 Å². The second kappa shape index (κ2) is 6.23. The molecule has 124 valence electrons. The molecule has 1 saturated heterocycles. The molecule has 0 aromatic heterocycles. The van der Waals surface area contributed by atoms with Gasteiger partial charge in [0.05, 0.1) is 18.2 Å². The molecule has 1 saturated carbocycles. The van der Waals surface area contributed by atoms with Crippen molar-refractivity contribution in [2.24, 2.45) is 5.92 Å². The molecular weight excluding hydrogens is 306 g/mol. The maximum absolute atomic E-state index is 6.47. The van der Waals surface area contributed by atoms with E-state index in [1.54, 1.807) is 0 Å². The van der Waals surface area contributed by atoms with Gasteiger partial charge in [0.15, 0.2) is 0 Å². The zero-order valence-electron chi connectivity index (χ0n) is 13.9. The van der Waals surface area contributed by atoms with Gasteiger partial charge in [0, 0.05) is 17.5 Å². The molecule has 1 aliphatic carbocycles. The normalized spacial score (nSPS) is 33.9. The summed E-state index contributed by atoms with van der Waals surface area (Å²) in [6, 6.07) is 8.77. The van der Waals surface area contributed by atoms with Gasteiger partial charge < -0.3 is 4.74 Å². The molecule has 1 aromatic rings. The number of halogens is 1. The van der Waals surface area contributed by atoms with Crippen molar-refractivity contribution in [2.45, 2.75) is 50.7 Å². The van der Waals surface area contributed by atoms with Crippen LogP contribution >= 0.6 is 11.6 Å². The molecule has 23 heavy (non-hydrogen) atoms. The first-order chi connectivity index (χ1) is 11.2. The van der Waals surface area contributed by atoms with Crippen LogP contribution in [0.4, 0.5) is 0 Å². The highest BCUT2D eigenvalue weighted by molar-refractivity contribution is 6.30. The van der Waals surface area contributed by atoms with Crippen LogP contribution in [-0.2, 0) is 4.74 Å². The summed E-state index contributed by atoms with van der Waals surface area (Å²) in [5, 5.41) is 0.832. The maximum atomic E-state index is 6.47. The minimum Gasteiger partial charge on any atom is -0.370 e. The Hall–Kier alpha value is -0.830. The summed E-state index contributed by atoms with van der Waals surface area (Å²) < 4.78 is 6.47. The molecule has 2 fully saturated rings. The summed E-state index contributed by atoms with van der Waals surface area (Å²) in [5.41, 5.74) is 2.86. The van der Waals surface area contributed by atoms with E-state index in [1.807, 2.05) is 6.07 Å².